The fourth-order valence-corrected chi connectivity index (χ4v) is 2.36. The number of nitrogens with zero attached hydrogens (tertiary/aromatic N) is 1. The van der Waals surface area contributed by atoms with Crippen molar-refractivity contribution in [2.24, 2.45) is 5.84 Å². The van der Waals surface area contributed by atoms with Crippen LogP contribution in [0.2, 0.25) is 0 Å². The minimum Gasteiger partial charge on any atom is -0.398 e. The smallest absolute Gasteiger partial charge is 0.128 e. The van der Waals surface area contributed by atoms with Crippen LogP contribution in [0.5, 0.6) is 0 Å². The maximum Gasteiger partial charge on any atom is 0.128 e. The number of nitrogen functional groups attached to an aromatic ring is 2. The lowest BCUT2D eigenvalue weighted by Crippen LogP contribution is -2.30. The summed E-state index contributed by atoms with van der Waals surface area (Å²) in [5.41, 5.74) is 18.0. The first-order chi connectivity index (χ1) is 9.02. The van der Waals surface area contributed by atoms with Crippen molar-refractivity contribution < 1.29 is 0 Å². The fourth-order valence-electron chi connectivity index (χ4n) is 1.98. The Bertz CT molecular complexity index is 548. The van der Waals surface area contributed by atoms with Crippen LogP contribution in [0.15, 0.2) is 34.9 Å². The highest BCUT2D eigenvalue weighted by Gasteiger charge is 2.19. The number of benzene rings is 1. The van der Waals surface area contributed by atoms with E-state index in [0.29, 0.717) is 11.5 Å². The van der Waals surface area contributed by atoms with Crippen molar-refractivity contribution in [3.05, 3.63) is 51.6 Å². The minimum atomic E-state index is -0.301. The van der Waals surface area contributed by atoms with Crippen molar-refractivity contribution in [2.75, 3.05) is 11.5 Å². The lowest BCUT2D eigenvalue weighted by molar-refractivity contribution is 0.637. The number of rotatable bonds is 3. The molecule has 1 atom stereocenters. The van der Waals surface area contributed by atoms with E-state index in [-0.39, 0.29) is 6.04 Å². The summed E-state index contributed by atoms with van der Waals surface area (Å²) in [5, 5.41) is 0. The number of aromatic nitrogens is 1. The number of halogens is 1. The normalized spacial score (nSPS) is 12.4. The second-order valence-electron chi connectivity index (χ2n) is 4.36. The van der Waals surface area contributed by atoms with Crippen molar-refractivity contribution in [3.63, 3.8) is 0 Å². The summed E-state index contributed by atoms with van der Waals surface area (Å²) in [6.45, 7) is 1.95. The van der Waals surface area contributed by atoms with Crippen LogP contribution >= 0.6 is 15.9 Å². The third-order valence-electron chi connectivity index (χ3n) is 2.92. The van der Waals surface area contributed by atoms with Gasteiger partial charge in [-0.25, -0.2) is 10.4 Å². The van der Waals surface area contributed by atoms with Gasteiger partial charge in [0.15, 0.2) is 0 Å². The van der Waals surface area contributed by atoms with Gasteiger partial charge >= 0.3 is 0 Å². The third-order valence-corrected chi connectivity index (χ3v) is 3.42. The molecule has 0 fully saturated rings. The quantitative estimate of drug-likeness (QED) is 0.392. The Balaban J connectivity index is 2.55. The first kappa shape index (κ1) is 13.8. The summed E-state index contributed by atoms with van der Waals surface area (Å²) in [6.07, 6.45) is 1.72. The molecule has 0 saturated heterocycles. The molecule has 2 aromatic rings. The summed E-state index contributed by atoms with van der Waals surface area (Å²) in [6, 6.07) is 7.27. The Labute approximate surface area is 120 Å². The lowest BCUT2D eigenvalue weighted by atomic mass is 9.97. The number of nitrogens with one attached hydrogen (secondary N) is 1. The molecule has 0 radical (unpaired) electrons. The van der Waals surface area contributed by atoms with E-state index in [0.717, 1.165) is 21.2 Å². The van der Waals surface area contributed by atoms with Gasteiger partial charge in [-0.1, -0.05) is 15.9 Å². The predicted molar refractivity (Wildman–Crippen MR) is 81.1 cm³/mol. The first-order valence-corrected chi connectivity index (χ1v) is 6.55. The minimum absolute atomic E-state index is 0.301. The molecule has 2 rings (SSSR count). The molecular formula is C13H16BrN5. The van der Waals surface area contributed by atoms with E-state index in [1.165, 1.54) is 0 Å². The number of hydrogen-bond acceptors (Lipinski definition) is 5. The molecule has 0 aliphatic carbocycles. The zero-order valence-electron chi connectivity index (χ0n) is 10.5. The summed E-state index contributed by atoms with van der Waals surface area (Å²) >= 11 is 3.43. The Kier molecular flexibility index (Phi) is 4.04. The van der Waals surface area contributed by atoms with Crippen LogP contribution in [-0.2, 0) is 0 Å². The standard InChI is InChI=1S/C13H16BrN5/c1-7-4-10(13(16)18-6-7)12(19-17)9-5-8(14)2-3-11(9)15/h2-6,12,19H,15,17H2,1H3,(H2,16,18). The van der Waals surface area contributed by atoms with E-state index in [1.54, 1.807) is 6.20 Å². The second-order valence-corrected chi connectivity index (χ2v) is 5.28. The lowest BCUT2D eigenvalue weighted by Gasteiger charge is -2.20. The van der Waals surface area contributed by atoms with Gasteiger partial charge in [-0.15, -0.1) is 0 Å². The summed E-state index contributed by atoms with van der Waals surface area (Å²) < 4.78 is 0.927. The topological polar surface area (TPSA) is 103 Å². The van der Waals surface area contributed by atoms with Crippen LogP contribution in [0.3, 0.4) is 0 Å². The van der Waals surface area contributed by atoms with Crippen molar-refractivity contribution in [1.82, 2.24) is 10.4 Å². The van der Waals surface area contributed by atoms with Gasteiger partial charge in [0.25, 0.3) is 0 Å². The molecule has 0 saturated carbocycles. The molecule has 0 aliphatic heterocycles. The number of hydrazine groups is 1. The van der Waals surface area contributed by atoms with Crippen LogP contribution in [0.1, 0.15) is 22.7 Å². The number of aryl methyl sites for hydroxylation is 1. The number of pyridine rings is 1. The molecule has 19 heavy (non-hydrogen) atoms. The Morgan fingerprint density at radius 3 is 2.63 bits per heavy atom. The molecule has 0 spiro atoms. The fraction of sp³-hybridized carbons (Fsp3) is 0.154. The van der Waals surface area contributed by atoms with Crippen LogP contribution in [-0.4, -0.2) is 4.98 Å². The third kappa shape index (κ3) is 2.86. The van der Waals surface area contributed by atoms with E-state index in [2.05, 4.69) is 26.3 Å². The molecule has 1 heterocycles. The van der Waals surface area contributed by atoms with E-state index in [4.69, 9.17) is 17.3 Å². The average molecular weight is 322 g/mol. The zero-order chi connectivity index (χ0) is 14.0. The maximum absolute atomic E-state index is 6.01. The van der Waals surface area contributed by atoms with E-state index >= 15 is 0 Å². The average Bonchev–Trinajstić information content (AvgIpc) is 2.38. The molecule has 0 bridgehead atoms. The van der Waals surface area contributed by atoms with Gasteiger partial charge in [0, 0.05) is 21.9 Å². The van der Waals surface area contributed by atoms with Crippen LogP contribution in [0, 0.1) is 6.92 Å². The molecule has 1 aromatic carbocycles. The molecule has 6 heteroatoms. The van der Waals surface area contributed by atoms with Crippen LogP contribution < -0.4 is 22.7 Å². The predicted octanol–water partition coefficient (Wildman–Crippen LogP) is 1.87. The molecule has 0 amide bonds. The van der Waals surface area contributed by atoms with Gasteiger partial charge in [-0.2, -0.15) is 0 Å². The van der Waals surface area contributed by atoms with Crippen LogP contribution in [0.4, 0.5) is 11.5 Å². The molecule has 7 N–H and O–H groups in total. The van der Waals surface area contributed by atoms with E-state index < -0.39 is 0 Å². The van der Waals surface area contributed by atoms with Crippen LogP contribution in [0.25, 0.3) is 0 Å². The van der Waals surface area contributed by atoms with Crippen molar-refractivity contribution >= 4 is 27.4 Å². The maximum atomic E-state index is 6.01. The van der Waals surface area contributed by atoms with Gasteiger partial charge in [-0.05, 0) is 42.3 Å². The zero-order valence-corrected chi connectivity index (χ0v) is 12.1. The summed E-state index contributed by atoms with van der Waals surface area (Å²) in [4.78, 5) is 4.15. The molecule has 1 aromatic heterocycles. The van der Waals surface area contributed by atoms with Gasteiger partial charge < -0.3 is 11.5 Å². The number of anilines is 2. The van der Waals surface area contributed by atoms with Crippen molar-refractivity contribution in [1.29, 1.82) is 0 Å². The van der Waals surface area contributed by atoms with E-state index in [9.17, 15) is 0 Å². The van der Waals surface area contributed by atoms with Gasteiger partial charge in [0.1, 0.15) is 5.82 Å². The van der Waals surface area contributed by atoms with Crippen molar-refractivity contribution in [3.8, 4) is 0 Å². The molecule has 0 aliphatic rings. The first-order valence-electron chi connectivity index (χ1n) is 5.76. The second kappa shape index (κ2) is 5.56. The Morgan fingerprint density at radius 2 is 1.95 bits per heavy atom. The highest BCUT2D eigenvalue weighted by molar-refractivity contribution is 9.10. The summed E-state index contributed by atoms with van der Waals surface area (Å²) in [7, 11) is 0. The largest absolute Gasteiger partial charge is 0.398 e. The Morgan fingerprint density at radius 1 is 1.21 bits per heavy atom. The number of hydrogen-bond donors (Lipinski definition) is 4. The molecule has 1 unspecified atom stereocenters. The highest BCUT2D eigenvalue weighted by atomic mass is 79.9. The highest BCUT2D eigenvalue weighted by Crippen LogP contribution is 2.31. The number of nitrogens with two attached hydrogens (primary N) is 3. The molecule has 5 nitrogen and oxygen atoms in total. The molecule has 100 valence electrons. The van der Waals surface area contributed by atoms with E-state index in [1.807, 2.05) is 31.2 Å². The SMILES string of the molecule is Cc1cnc(N)c(C(NN)c2cc(Br)ccc2N)c1. The molecular weight excluding hydrogens is 306 g/mol. The van der Waals surface area contributed by atoms with Gasteiger partial charge in [0.05, 0.1) is 6.04 Å². The van der Waals surface area contributed by atoms with Gasteiger partial charge in [-0.3, -0.25) is 5.84 Å². The van der Waals surface area contributed by atoms with Gasteiger partial charge in [0.2, 0.25) is 0 Å². The van der Waals surface area contributed by atoms with Crippen molar-refractivity contribution in [2.45, 2.75) is 13.0 Å². The summed E-state index contributed by atoms with van der Waals surface area (Å²) in [5.74, 6) is 6.11. The Hall–Kier alpha value is -1.63. The monoisotopic (exact) mass is 321 g/mol.